The molecular formula is C13H19N3O3. The SMILES string of the molecule is CCC(N)(CC)C(=O)NCc1ccccc1[N+](=O)[O-]. The summed E-state index contributed by atoms with van der Waals surface area (Å²) in [4.78, 5) is 22.4. The van der Waals surface area contributed by atoms with Gasteiger partial charge in [-0.25, -0.2) is 0 Å². The first-order chi connectivity index (χ1) is 8.94. The number of amides is 1. The third kappa shape index (κ3) is 3.51. The Morgan fingerprint density at radius 2 is 1.95 bits per heavy atom. The van der Waals surface area contributed by atoms with Gasteiger partial charge in [0.1, 0.15) is 0 Å². The quantitative estimate of drug-likeness (QED) is 0.604. The van der Waals surface area contributed by atoms with E-state index in [4.69, 9.17) is 5.73 Å². The van der Waals surface area contributed by atoms with Gasteiger partial charge in [0.2, 0.25) is 5.91 Å². The van der Waals surface area contributed by atoms with E-state index in [-0.39, 0.29) is 18.1 Å². The molecule has 1 amide bonds. The number of carbonyl (C=O) groups excluding carboxylic acids is 1. The number of carbonyl (C=O) groups is 1. The Morgan fingerprint density at radius 3 is 2.47 bits per heavy atom. The van der Waals surface area contributed by atoms with Gasteiger partial charge in [-0.2, -0.15) is 0 Å². The normalized spacial score (nSPS) is 11.1. The van der Waals surface area contributed by atoms with Crippen LogP contribution in [-0.2, 0) is 11.3 Å². The highest BCUT2D eigenvalue weighted by Crippen LogP contribution is 2.18. The molecule has 0 saturated carbocycles. The van der Waals surface area contributed by atoms with Crippen LogP contribution in [0.2, 0.25) is 0 Å². The van der Waals surface area contributed by atoms with Crippen LogP contribution in [0, 0.1) is 10.1 Å². The van der Waals surface area contributed by atoms with Gasteiger partial charge >= 0.3 is 0 Å². The van der Waals surface area contributed by atoms with E-state index in [0.717, 1.165) is 0 Å². The van der Waals surface area contributed by atoms with E-state index in [1.165, 1.54) is 6.07 Å². The van der Waals surface area contributed by atoms with Crippen molar-refractivity contribution in [3.05, 3.63) is 39.9 Å². The number of benzene rings is 1. The lowest BCUT2D eigenvalue weighted by atomic mass is 9.93. The molecule has 0 aromatic heterocycles. The summed E-state index contributed by atoms with van der Waals surface area (Å²) in [7, 11) is 0. The van der Waals surface area contributed by atoms with Crippen molar-refractivity contribution in [3.8, 4) is 0 Å². The molecule has 0 radical (unpaired) electrons. The van der Waals surface area contributed by atoms with E-state index in [2.05, 4.69) is 5.32 Å². The molecule has 0 heterocycles. The second-order valence-electron chi connectivity index (χ2n) is 4.43. The summed E-state index contributed by atoms with van der Waals surface area (Å²) >= 11 is 0. The van der Waals surface area contributed by atoms with E-state index < -0.39 is 10.5 Å². The van der Waals surface area contributed by atoms with Crippen molar-refractivity contribution in [1.82, 2.24) is 5.32 Å². The van der Waals surface area contributed by atoms with Gasteiger partial charge in [-0.05, 0) is 12.8 Å². The van der Waals surface area contributed by atoms with Crippen LogP contribution >= 0.6 is 0 Å². The number of nitro benzene ring substituents is 1. The van der Waals surface area contributed by atoms with Crippen LogP contribution in [0.1, 0.15) is 32.3 Å². The van der Waals surface area contributed by atoms with Crippen molar-refractivity contribution in [2.75, 3.05) is 0 Å². The highest BCUT2D eigenvalue weighted by molar-refractivity contribution is 5.85. The number of nitrogens with zero attached hydrogens (tertiary/aromatic N) is 1. The van der Waals surface area contributed by atoms with E-state index in [1.807, 2.05) is 13.8 Å². The van der Waals surface area contributed by atoms with Crippen molar-refractivity contribution in [3.63, 3.8) is 0 Å². The van der Waals surface area contributed by atoms with Crippen molar-refractivity contribution in [1.29, 1.82) is 0 Å². The molecular weight excluding hydrogens is 246 g/mol. The van der Waals surface area contributed by atoms with Crippen LogP contribution in [0.15, 0.2) is 24.3 Å². The number of nitro groups is 1. The van der Waals surface area contributed by atoms with E-state index in [0.29, 0.717) is 18.4 Å². The third-order valence-corrected chi connectivity index (χ3v) is 3.34. The van der Waals surface area contributed by atoms with Crippen molar-refractivity contribution < 1.29 is 9.72 Å². The molecule has 0 aliphatic heterocycles. The molecule has 0 spiro atoms. The lowest BCUT2D eigenvalue weighted by Crippen LogP contribution is -2.52. The predicted molar refractivity (Wildman–Crippen MR) is 72.4 cm³/mol. The Balaban J connectivity index is 2.78. The van der Waals surface area contributed by atoms with Crippen LogP contribution in [0.5, 0.6) is 0 Å². The summed E-state index contributed by atoms with van der Waals surface area (Å²) in [6, 6.07) is 6.32. The van der Waals surface area contributed by atoms with Gasteiger partial charge in [-0.1, -0.05) is 32.0 Å². The molecule has 19 heavy (non-hydrogen) atoms. The average molecular weight is 265 g/mol. The molecule has 0 fully saturated rings. The number of para-hydroxylation sites is 1. The highest BCUT2D eigenvalue weighted by atomic mass is 16.6. The monoisotopic (exact) mass is 265 g/mol. The predicted octanol–water partition coefficient (Wildman–Crippen LogP) is 1.73. The molecule has 0 saturated heterocycles. The molecule has 0 bridgehead atoms. The summed E-state index contributed by atoms with van der Waals surface area (Å²) in [5.74, 6) is -0.282. The van der Waals surface area contributed by atoms with Gasteiger partial charge in [0.05, 0.1) is 10.5 Å². The van der Waals surface area contributed by atoms with Gasteiger partial charge in [0.15, 0.2) is 0 Å². The summed E-state index contributed by atoms with van der Waals surface area (Å²) < 4.78 is 0. The average Bonchev–Trinajstić information content (AvgIpc) is 2.43. The Bertz CT molecular complexity index is 470. The zero-order valence-corrected chi connectivity index (χ0v) is 11.2. The topological polar surface area (TPSA) is 98.3 Å². The highest BCUT2D eigenvalue weighted by Gasteiger charge is 2.29. The first-order valence-electron chi connectivity index (χ1n) is 6.24. The van der Waals surface area contributed by atoms with E-state index in [1.54, 1.807) is 18.2 Å². The van der Waals surface area contributed by atoms with Crippen LogP contribution in [-0.4, -0.2) is 16.4 Å². The minimum Gasteiger partial charge on any atom is -0.350 e. The second kappa shape index (κ2) is 6.29. The molecule has 1 aromatic rings. The van der Waals surface area contributed by atoms with E-state index in [9.17, 15) is 14.9 Å². The molecule has 1 rings (SSSR count). The number of hydrogen-bond donors (Lipinski definition) is 2. The van der Waals surface area contributed by atoms with Crippen LogP contribution in [0.4, 0.5) is 5.69 Å². The van der Waals surface area contributed by atoms with Gasteiger partial charge < -0.3 is 11.1 Å². The van der Waals surface area contributed by atoms with Gasteiger partial charge in [-0.3, -0.25) is 14.9 Å². The summed E-state index contributed by atoms with van der Waals surface area (Å²) in [5.41, 5.74) is 5.51. The second-order valence-corrected chi connectivity index (χ2v) is 4.43. The first kappa shape index (κ1) is 15.1. The van der Waals surface area contributed by atoms with Crippen molar-refractivity contribution in [2.24, 2.45) is 5.73 Å². The number of rotatable bonds is 6. The van der Waals surface area contributed by atoms with Crippen LogP contribution < -0.4 is 11.1 Å². The lowest BCUT2D eigenvalue weighted by Gasteiger charge is -2.25. The molecule has 1 aromatic carbocycles. The number of nitrogens with two attached hydrogens (primary N) is 1. The molecule has 0 aliphatic carbocycles. The summed E-state index contributed by atoms with van der Waals surface area (Å²) in [6.07, 6.45) is 1.04. The van der Waals surface area contributed by atoms with Crippen LogP contribution in [0.25, 0.3) is 0 Å². The maximum absolute atomic E-state index is 12.0. The Hall–Kier alpha value is -1.95. The molecule has 0 aliphatic rings. The number of hydrogen-bond acceptors (Lipinski definition) is 4. The molecule has 104 valence electrons. The maximum atomic E-state index is 12.0. The molecule has 6 heteroatoms. The van der Waals surface area contributed by atoms with Crippen molar-refractivity contribution in [2.45, 2.75) is 38.8 Å². The maximum Gasteiger partial charge on any atom is 0.274 e. The van der Waals surface area contributed by atoms with Gasteiger partial charge in [0.25, 0.3) is 5.69 Å². The molecule has 6 nitrogen and oxygen atoms in total. The first-order valence-corrected chi connectivity index (χ1v) is 6.24. The Morgan fingerprint density at radius 1 is 1.37 bits per heavy atom. The summed E-state index contributed by atoms with van der Waals surface area (Å²) in [6.45, 7) is 3.79. The van der Waals surface area contributed by atoms with E-state index >= 15 is 0 Å². The summed E-state index contributed by atoms with van der Waals surface area (Å²) in [5, 5.41) is 13.5. The minimum atomic E-state index is -0.913. The fraction of sp³-hybridized carbons (Fsp3) is 0.462. The standard InChI is InChI=1S/C13H19N3O3/c1-3-13(14,4-2)12(17)15-9-10-7-5-6-8-11(10)16(18)19/h5-8H,3-4,9,14H2,1-2H3,(H,15,17). The lowest BCUT2D eigenvalue weighted by molar-refractivity contribution is -0.385. The zero-order valence-electron chi connectivity index (χ0n) is 11.2. The fourth-order valence-electron chi connectivity index (χ4n) is 1.76. The van der Waals surface area contributed by atoms with Crippen molar-refractivity contribution >= 4 is 11.6 Å². The zero-order chi connectivity index (χ0) is 14.5. The minimum absolute atomic E-state index is 0.00146. The van der Waals surface area contributed by atoms with Crippen LogP contribution in [0.3, 0.4) is 0 Å². The Labute approximate surface area is 112 Å². The number of nitrogens with one attached hydrogen (secondary N) is 1. The Kier molecular flexibility index (Phi) is 5.00. The molecule has 3 N–H and O–H groups in total. The van der Waals surface area contributed by atoms with Gasteiger partial charge in [-0.15, -0.1) is 0 Å². The molecule has 0 atom stereocenters. The molecule has 0 unspecified atom stereocenters. The fourth-order valence-corrected chi connectivity index (χ4v) is 1.76. The third-order valence-electron chi connectivity index (χ3n) is 3.34. The largest absolute Gasteiger partial charge is 0.350 e. The smallest absolute Gasteiger partial charge is 0.274 e. The van der Waals surface area contributed by atoms with Gasteiger partial charge in [0, 0.05) is 18.2 Å².